The molecule has 0 aliphatic rings. The van der Waals surface area contributed by atoms with Crippen molar-refractivity contribution in [3.63, 3.8) is 0 Å². The van der Waals surface area contributed by atoms with Gasteiger partial charge in [-0.3, -0.25) is 9.59 Å². The second-order valence-electron chi connectivity index (χ2n) is 4.34. The summed E-state index contributed by atoms with van der Waals surface area (Å²) in [7, 11) is -3.32. The summed E-state index contributed by atoms with van der Waals surface area (Å²) in [5.41, 5.74) is -1.76. The van der Waals surface area contributed by atoms with Gasteiger partial charge in [0.1, 0.15) is 9.84 Å². The molecule has 19 heavy (non-hydrogen) atoms. The van der Waals surface area contributed by atoms with E-state index in [4.69, 9.17) is 4.74 Å². The van der Waals surface area contributed by atoms with E-state index < -0.39 is 27.2 Å². The molecule has 0 rings (SSSR count). The van der Waals surface area contributed by atoms with Gasteiger partial charge in [0, 0.05) is 5.75 Å². The van der Waals surface area contributed by atoms with Crippen LogP contribution in [0.4, 0.5) is 0 Å². The number of aliphatic carboxylic acids is 1. The number of rotatable bonds is 9. The van der Waals surface area contributed by atoms with E-state index in [0.717, 1.165) is 0 Å². The first-order valence-electron chi connectivity index (χ1n) is 6.36. The fraction of sp³-hybridized carbons (Fsp3) is 0.833. The van der Waals surface area contributed by atoms with Crippen LogP contribution in [0.25, 0.3) is 0 Å². The van der Waals surface area contributed by atoms with Gasteiger partial charge >= 0.3 is 11.9 Å². The molecule has 0 spiro atoms. The molecule has 0 aromatic heterocycles. The Morgan fingerprint density at radius 1 is 1.16 bits per heavy atom. The molecule has 0 radical (unpaired) electrons. The monoisotopic (exact) mass is 294 g/mol. The molecule has 0 heterocycles. The number of hydrogen-bond donors (Lipinski definition) is 1. The summed E-state index contributed by atoms with van der Waals surface area (Å²) in [6.07, 6.45) is 0.281. The van der Waals surface area contributed by atoms with Crippen LogP contribution in [0.3, 0.4) is 0 Å². The number of carbonyl (C=O) groups excluding carboxylic acids is 1. The van der Waals surface area contributed by atoms with Crippen LogP contribution in [0.15, 0.2) is 0 Å². The molecule has 1 unspecified atom stereocenters. The van der Waals surface area contributed by atoms with Gasteiger partial charge in [0.05, 0.1) is 12.4 Å². The van der Waals surface area contributed by atoms with Gasteiger partial charge in [-0.25, -0.2) is 8.42 Å². The average molecular weight is 294 g/mol. The largest absolute Gasteiger partial charge is 0.480 e. The van der Waals surface area contributed by atoms with Gasteiger partial charge in [-0.1, -0.05) is 20.3 Å². The highest BCUT2D eigenvalue weighted by Crippen LogP contribution is 2.31. The van der Waals surface area contributed by atoms with Crippen LogP contribution in [0.5, 0.6) is 0 Å². The van der Waals surface area contributed by atoms with Gasteiger partial charge in [-0.2, -0.15) is 0 Å². The van der Waals surface area contributed by atoms with E-state index in [2.05, 4.69) is 0 Å². The molecule has 0 amide bonds. The molecular weight excluding hydrogens is 272 g/mol. The molecule has 0 aliphatic carbocycles. The van der Waals surface area contributed by atoms with Gasteiger partial charge in [-0.15, -0.1) is 0 Å². The second kappa shape index (κ2) is 7.47. The first kappa shape index (κ1) is 17.9. The third-order valence-electron chi connectivity index (χ3n) is 3.03. The Hall–Kier alpha value is -1.11. The lowest BCUT2D eigenvalue weighted by molar-refractivity contribution is -0.169. The summed E-state index contributed by atoms with van der Waals surface area (Å²) in [5, 5.41) is 9.33. The maximum Gasteiger partial charge on any atom is 0.323 e. The van der Waals surface area contributed by atoms with Crippen molar-refractivity contribution in [3.8, 4) is 0 Å². The minimum atomic E-state index is -3.32. The van der Waals surface area contributed by atoms with Crippen LogP contribution in [0.1, 0.15) is 40.0 Å². The lowest BCUT2D eigenvalue weighted by atomic mass is 9.81. The van der Waals surface area contributed by atoms with Crippen molar-refractivity contribution < 1.29 is 27.9 Å². The van der Waals surface area contributed by atoms with Crippen LogP contribution >= 0.6 is 0 Å². The van der Waals surface area contributed by atoms with Crippen molar-refractivity contribution in [2.45, 2.75) is 40.0 Å². The van der Waals surface area contributed by atoms with Gasteiger partial charge < -0.3 is 9.84 Å². The van der Waals surface area contributed by atoms with E-state index >= 15 is 0 Å². The number of hydrogen-bond acceptors (Lipinski definition) is 5. The Morgan fingerprint density at radius 2 is 1.74 bits per heavy atom. The lowest BCUT2D eigenvalue weighted by Gasteiger charge is -2.26. The van der Waals surface area contributed by atoms with Crippen LogP contribution in [0.2, 0.25) is 0 Å². The molecule has 0 aliphatic heterocycles. The minimum Gasteiger partial charge on any atom is -0.480 e. The Labute approximate surface area is 114 Å². The van der Waals surface area contributed by atoms with E-state index in [-0.39, 0.29) is 31.0 Å². The van der Waals surface area contributed by atoms with E-state index in [1.165, 1.54) is 6.92 Å². The van der Waals surface area contributed by atoms with Gasteiger partial charge in [-0.05, 0) is 19.8 Å². The van der Waals surface area contributed by atoms with Crippen LogP contribution in [-0.2, 0) is 24.2 Å². The molecule has 1 atom stereocenters. The molecule has 6 nitrogen and oxygen atoms in total. The summed E-state index contributed by atoms with van der Waals surface area (Å²) >= 11 is 0. The Kier molecular flexibility index (Phi) is 7.04. The number of carbonyl (C=O) groups is 2. The topological polar surface area (TPSA) is 97.7 Å². The SMILES string of the molecule is CCCC(CCS(=O)(=O)CC)(C(=O)O)C(=O)OCC. The van der Waals surface area contributed by atoms with Crippen molar-refractivity contribution in [2.24, 2.45) is 5.41 Å². The van der Waals surface area contributed by atoms with Gasteiger partial charge in [0.2, 0.25) is 0 Å². The van der Waals surface area contributed by atoms with E-state index in [0.29, 0.717) is 6.42 Å². The number of carboxylic acids is 1. The first-order chi connectivity index (χ1) is 8.75. The van der Waals surface area contributed by atoms with Gasteiger partial charge in [0.15, 0.2) is 5.41 Å². The fourth-order valence-electron chi connectivity index (χ4n) is 1.80. The van der Waals surface area contributed by atoms with Crippen molar-refractivity contribution in [2.75, 3.05) is 18.1 Å². The van der Waals surface area contributed by atoms with E-state index in [1.54, 1.807) is 13.8 Å². The highest BCUT2D eigenvalue weighted by molar-refractivity contribution is 7.91. The summed E-state index contributed by atoms with van der Waals surface area (Å²) in [6, 6.07) is 0. The first-order valence-corrected chi connectivity index (χ1v) is 8.19. The summed E-state index contributed by atoms with van der Waals surface area (Å²) in [5.74, 6) is -2.57. The van der Waals surface area contributed by atoms with Gasteiger partial charge in [0.25, 0.3) is 0 Å². The number of ether oxygens (including phenoxy) is 1. The molecular formula is C12H22O6S. The minimum absolute atomic E-state index is 0.0676. The Bertz CT molecular complexity index is 414. The maximum absolute atomic E-state index is 11.9. The number of carboxylic acid groups (broad SMARTS) is 1. The predicted molar refractivity (Wildman–Crippen MR) is 70.6 cm³/mol. The molecule has 0 aromatic carbocycles. The Morgan fingerprint density at radius 3 is 2.11 bits per heavy atom. The summed E-state index contributed by atoms with van der Waals surface area (Å²) in [4.78, 5) is 23.3. The smallest absolute Gasteiger partial charge is 0.323 e. The number of esters is 1. The highest BCUT2D eigenvalue weighted by Gasteiger charge is 2.47. The standard InChI is InChI=1S/C12H22O6S/c1-4-7-12(10(13)14,11(15)18-5-2)8-9-19(16,17)6-3/h4-9H2,1-3H3,(H,13,14). The molecule has 0 aromatic rings. The third-order valence-corrected chi connectivity index (χ3v) is 4.74. The van der Waals surface area contributed by atoms with Crippen LogP contribution in [0, 0.1) is 5.41 Å². The van der Waals surface area contributed by atoms with E-state index in [1.807, 2.05) is 0 Å². The average Bonchev–Trinajstić information content (AvgIpc) is 2.34. The number of sulfone groups is 1. The maximum atomic E-state index is 11.9. The van der Waals surface area contributed by atoms with Crippen molar-refractivity contribution >= 4 is 21.8 Å². The molecule has 0 fully saturated rings. The zero-order chi connectivity index (χ0) is 15.1. The van der Waals surface area contributed by atoms with E-state index in [9.17, 15) is 23.1 Å². The summed E-state index contributed by atoms with van der Waals surface area (Å²) in [6.45, 7) is 4.88. The second-order valence-corrected chi connectivity index (χ2v) is 6.82. The molecule has 1 N–H and O–H groups in total. The van der Waals surface area contributed by atoms with Crippen LogP contribution in [-0.4, -0.2) is 43.6 Å². The predicted octanol–water partition coefficient (Wildman–Crippen LogP) is 1.25. The molecule has 0 bridgehead atoms. The fourth-order valence-corrected chi connectivity index (χ4v) is 2.75. The summed E-state index contributed by atoms with van der Waals surface area (Å²) < 4.78 is 27.8. The van der Waals surface area contributed by atoms with Crippen molar-refractivity contribution in [3.05, 3.63) is 0 Å². The molecule has 112 valence electrons. The normalized spacial score (nSPS) is 14.7. The lowest BCUT2D eigenvalue weighted by Crippen LogP contribution is -2.42. The molecule has 0 saturated carbocycles. The zero-order valence-electron chi connectivity index (χ0n) is 11.6. The molecule has 7 heteroatoms. The Balaban J connectivity index is 5.24. The molecule has 0 saturated heterocycles. The third kappa shape index (κ3) is 4.81. The highest BCUT2D eigenvalue weighted by atomic mass is 32.2. The van der Waals surface area contributed by atoms with Crippen molar-refractivity contribution in [1.29, 1.82) is 0 Å². The van der Waals surface area contributed by atoms with Crippen LogP contribution < -0.4 is 0 Å². The quantitative estimate of drug-likeness (QED) is 0.507. The van der Waals surface area contributed by atoms with Crippen molar-refractivity contribution in [1.82, 2.24) is 0 Å². The zero-order valence-corrected chi connectivity index (χ0v) is 12.5.